The maximum atomic E-state index is 11.5. The first kappa shape index (κ1) is 10.9. The molecule has 0 aromatic heterocycles. The van der Waals surface area contributed by atoms with E-state index in [0.29, 0.717) is 10.1 Å². The molecule has 0 bridgehead atoms. The second kappa shape index (κ2) is 4.08. The fourth-order valence-electron chi connectivity index (χ4n) is 1.34. The lowest BCUT2D eigenvalue weighted by Crippen LogP contribution is -2.21. The van der Waals surface area contributed by atoms with Gasteiger partial charge in [0.05, 0.1) is 5.02 Å². The van der Waals surface area contributed by atoms with Gasteiger partial charge < -0.3 is 10.6 Å². The molecule has 0 spiro atoms. The van der Waals surface area contributed by atoms with Crippen LogP contribution in [0.4, 0.5) is 0 Å². The van der Waals surface area contributed by atoms with Gasteiger partial charge in [-0.05, 0) is 45.8 Å². The lowest BCUT2D eigenvalue weighted by Gasteiger charge is -2.08. The first-order valence-corrected chi connectivity index (χ1v) is 5.72. The summed E-state index contributed by atoms with van der Waals surface area (Å²) in [7, 11) is 0. The van der Waals surface area contributed by atoms with Crippen molar-refractivity contribution in [2.24, 2.45) is 0 Å². The average Bonchev–Trinajstić information content (AvgIpc) is 2.50. The van der Waals surface area contributed by atoms with E-state index in [9.17, 15) is 4.79 Å². The van der Waals surface area contributed by atoms with Crippen molar-refractivity contribution in [3.8, 4) is 0 Å². The molecule has 6 heteroatoms. The van der Waals surface area contributed by atoms with Crippen molar-refractivity contribution in [3.63, 3.8) is 0 Å². The van der Waals surface area contributed by atoms with Crippen LogP contribution in [0.3, 0.4) is 0 Å². The van der Waals surface area contributed by atoms with Gasteiger partial charge in [0, 0.05) is 4.47 Å². The van der Waals surface area contributed by atoms with E-state index in [1.807, 2.05) is 0 Å². The Morgan fingerprint density at radius 2 is 2.20 bits per heavy atom. The van der Waals surface area contributed by atoms with Gasteiger partial charge in [-0.3, -0.25) is 4.79 Å². The zero-order valence-corrected chi connectivity index (χ0v) is 10.5. The maximum absolute atomic E-state index is 11.5. The normalized spacial score (nSPS) is 20.0. The largest absolute Gasteiger partial charge is 0.347 e. The maximum Gasteiger partial charge on any atom is 0.253 e. The molecule has 78 valence electrons. The summed E-state index contributed by atoms with van der Waals surface area (Å²) < 4.78 is 0.758. The molecule has 3 nitrogen and oxygen atoms in total. The minimum absolute atomic E-state index is 0.144. The number of nitrogens with one attached hydrogen (secondary N) is 2. The predicted octanol–water partition coefficient (Wildman–Crippen LogP) is 2.15. The Labute approximate surface area is 105 Å². The topological polar surface area (TPSA) is 41.1 Å². The third kappa shape index (κ3) is 2.14. The summed E-state index contributed by atoms with van der Waals surface area (Å²) in [5, 5.41) is 6.37. The van der Waals surface area contributed by atoms with E-state index in [0.717, 1.165) is 10.0 Å². The second-order valence-corrected chi connectivity index (χ2v) is 4.74. The molecule has 1 amide bonds. The van der Waals surface area contributed by atoms with Gasteiger partial charge in [-0.15, -0.1) is 0 Å². The molecule has 1 aromatic rings. The van der Waals surface area contributed by atoms with Crippen LogP contribution in [0.25, 0.3) is 0 Å². The van der Waals surface area contributed by atoms with Gasteiger partial charge in [-0.25, -0.2) is 0 Å². The molecule has 0 saturated carbocycles. The number of rotatable bonds is 1. The Kier molecular flexibility index (Phi) is 2.95. The van der Waals surface area contributed by atoms with Crippen LogP contribution in [0.2, 0.25) is 5.02 Å². The smallest absolute Gasteiger partial charge is 0.253 e. The monoisotopic (exact) mass is 304 g/mol. The molecule has 1 fully saturated rings. The van der Waals surface area contributed by atoms with Crippen LogP contribution >= 0.6 is 39.7 Å². The average molecular weight is 306 g/mol. The highest BCUT2D eigenvalue weighted by Crippen LogP contribution is 2.27. The van der Waals surface area contributed by atoms with Gasteiger partial charge in [-0.1, -0.05) is 17.7 Å². The quantitative estimate of drug-likeness (QED) is 0.781. The fourth-order valence-corrected chi connectivity index (χ4v) is 2.08. The zero-order valence-electron chi connectivity index (χ0n) is 7.38. The molecule has 1 unspecified atom stereocenters. The molecular weight excluding hydrogens is 300 g/mol. The SMILES string of the molecule is O=C1NC(=S)NC1c1ccc(Cl)c(Br)c1. The third-order valence-corrected chi connectivity index (χ3v) is 3.49. The Morgan fingerprint density at radius 1 is 1.47 bits per heavy atom. The van der Waals surface area contributed by atoms with Crippen LogP contribution in [-0.2, 0) is 4.79 Å². The highest BCUT2D eigenvalue weighted by Gasteiger charge is 2.28. The fraction of sp³-hybridized carbons (Fsp3) is 0.111. The van der Waals surface area contributed by atoms with Gasteiger partial charge in [0.2, 0.25) is 0 Å². The summed E-state index contributed by atoms with van der Waals surface area (Å²) in [6, 6.07) is 4.90. The molecule has 1 aliphatic rings. The molecule has 15 heavy (non-hydrogen) atoms. The highest BCUT2D eigenvalue weighted by atomic mass is 79.9. The minimum Gasteiger partial charge on any atom is -0.347 e. The zero-order chi connectivity index (χ0) is 11.0. The van der Waals surface area contributed by atoms with Crippen LogP contribution in [0.1, 0.15) is 11.6 Å². The lowest BCUT2D eigenvalue weighted by atomic mass is 10.1. The number of hydrogen-bond donors (Lipinski definition) is 2. The number of thiocarbonyl (C=S) groups is 1. The molecule has 1 heterocycles. The van der Waals surface area contributed by atoms with Crippen molar-refractivity contribution in [1.82, 2.24) is 10.6 Å². The number of hydrogen-bond acceptors (Lipinski definition) is 2. The summed E-state index contributed by atoms with van der Waals surface area (Å²) >= 11 is 14.0. The Balaban J connectivity index is 2.34. The van der Waals surface area contributed by atoms with Crippen molar-refractivity contribution in [2.75, 3.05) is 0 Å². The number of amides is 1. The standard InChI is InChI=1S/C9H6BrClN2OS/c10-5-3-4(1-2-6(5)11)7-8(14)13-9(15)12-7/h1-3,7H,(H2,12,13,14,15). The first-order valence-electron chi connectivity index (χ1n) is 4.14. The molecule has 1 atom stereocenters. The van der Waals surface area contributed by atoms with Gasteiger partial charge in [0.15, 0.2) is 5.11 Å². The Morgan fingerprint density at radius 3 is 2.73 bits per heavy atom. The third-order valence-electron chi connectivity index (χ3n) is 2.05. The first-order chi connectivity index (χ1) is 7.08. The minimum atomic E-state index is -0.425. The van der Waals surface area contributed by atoms with Crippen LogP contribution in [0.5, 0.6) is 0 Å². The van der Waals surface area contributed by atoms with Crippen LogP contribution in [-0.4, -0.2) is 11.0 Å². The summed E-state index contributed by atoms with van der Waals surface area (Å²) in [5.41, 5.74) is 0.823. The van der Waals surface area contributed by atoms with Crippen molar-refractivity contribution >= 4 is 50.8 Å². The molecule has 2 N–H and O–H groups in total. The molecule has 1 saturated heterocycles. The van der Waals surface area contributed by atoms with Gasteiger partial charge in [0.1, 0.15) is 6.04 Å². The van der Waals surface area contributed by atoms with Crippen molar-refractivity contribution in [1.29, 1.82) is 0 Å². The van der Waals surface area contributed by atoms with Gasteiger partial charge >= 0.3 is 0 Å². The highest BCUT2D eigenvalue weighted by molar-refractivity contribution is 9.10. The summed E-state index contributed by atoms with van der Waals surface area (Å²) in [5.74, 6) is -0.144. The second-order valence-electron chi connectivity index (χ2n) is 3.07. The van der Waals surface area contributed by atoms with E-state index < -0.39 is 6.04 Å². The van der Waals surface area contributed by atoms with E-state index in [-0.39, 0.29) is 5.91 Å². The Hall–Kier alpha value is -0.650. The number of carbonyl (C=O) groups excluding carboxylic acids is 1. The van der Waals surface area contributed by atoms with Gasteiger partial charge in [0.25, 0.3) is 5.91 Å². The number of benzene rings is 1. The molecule has 2 rings (SSSR count). The van der Waals surface area contributed by atoms with E-state index in [1.165, 1.54) is 0 Å². The van der Waals surface area contributed by atoms with Gasteiger partial charge in [-0.2, -0.15) is 0 Å². The molecule has 1 aliphatic heterocycles. The van der Waals surface area contributed by atoms with E-state index in [1.54, 1.807) is 18.2 Å². The number of halogens is 2. The van der Waals surface area contributed by atoms with Crippen molar-refractivity contribution in [2.45, 2.75) is 6.04 Å². The lowest BCUT2D eigenvalue weighted by molar-refractivity contribution is -0.120. The molecule has 1 aromatic carbocycles. The van der Waals surface area contributed by atoms with Crippen LogP contribution in [0.15, 0.2) is 22.7 Å². The van der Waals surface area contributed by atoms with Crippen LogP contribution < -0.4 is 10.6 Å². The van der Waals surface area contributed by atoms with Crippen molar-refractivity contribution in [3.05, 3.63) is 33.3 Å². The Bertz CT molecular complexity index is 452. The molecule has 0 radical (unpaired) electrons. The molecular formula is C9H6BrClN2OS. The van der Waals surface area contributed by atoms with E-state index >= 15 is 0 Å². The van der Waals surface area contributed by atoms with E-state index in [2.05, 4.69) is 26.6 Å². The number of carbonyl (C=O) groups is 1. The van der Waals surface area contributed by atoms with Crippen molar-refractivity contribution < 1.29 is 4.79 Å². The van der Waals surface area contributed by atoms with Crippen LogP contribution in [0, 0.1) is 0 Å². The summed E-state index contributed by atoms with van der Waals surface area (Å²) in [6.07, 6.45) is 0. The molecule has 0 aliphatic carbocycles. The summed E-state index contributed by atoms with van der Waals surface area (Å²) in [4.78, 5) is 11.5. The summed E-state index contributed by atoms with van der Waals surface area (Å²) in [6.45, 7) is 0. The van der Waals surface area contributed by atoms with E-state index in [4.69, 9.17) is 23.8 Å². The predicted molar refractivity (Wildman–Crippen MR) is 65.8 cm³/mol.